The fourth-order valence-electron chi connectivity index (χ4n) is 10.2. The molecule has 0 atom stereocenters. The first-order valence-corrected chi connectivity index (χ1v) is 21.9. The summed E-state index contributed by atoms with van der Waals surface area (Å²) in [7, 11) is 0. The van der Waals surface area contributed by atoms with Gasteiger partial charge in [0.25, 0.3) is 0 Å². The van der Waals surface area contributed by atoms with Crippen molar-refractivity contribution in [1.29, 1.82) is 0 Å². The third-order valence-electron chi connectivity index (χ3n) is 12.9. The summed E-state index contributed by atoms with van der Waals surface area (Å²) in [6, 6.07) is 76.6. The maximum atomic E-state index is 5.47. The van der Waals surface area contributed by atoms with Crippen LogP contribution in [0, 0.1) is 0 Å². The minimum Gasteiger partial charge on any atom is -0.247 e. The first kappa shape index (κ1) is 35.1. The van der Waals surface area contributed by atoms with Gasteiger partial charge in [-0.2, -0.15) is 0 Å². The van der Waals surface area contributed by atoms with Crippen molar-refractivity contribution in [1.82, 2.24) is 15.0 Å². The second-order valence-electron chi connectivity index (χ2n) is 16.2. The molecule has 0 N–H and O–H groups in total. The summed E-state index contributed by atoms with van der Waals surface area (Å²) >= 11 is 1.88. The lowest BCUT2D eigenvalue weighted by Gasteiger charge is -2.39. The Bertz CT molecular complexity index is 3560. The summed E-state index contributed by atoms with van der Waals surface area (Å²) in [6.45, 7) is 0. The highest BCUT2D eigenvalue weighted by Gasteiger charge is 2.50. The van der Waals surface area contributed by atoms with Crippen LogP contribution in [0.1, 0.15) is 22.3 Å². The van der Waals surface area contributed by atoms with E-state index in [1.165, 1.54) is 48.6 Å². The summed E-state index contributed by atoms with van der Waals surface area (Å²) in [6.07, 6.45) is 0. The molecule has 0 saturated heterocycles. The van der Waals surface area contributed by atoms with Gasteiger partial charge in [0.1, 0.15) is 0 Å². The molecular formula is C58H35N3S. The molecule has 1 aliphatic carbocycles. The molecule has 0 amide bonds. The number of nitrogens with zero attached hydrogens (tertiary/aromatic N) is 3. The Kier molecular flexibility index (Phi) is 7.75. The molecule has 11 aromatic rings. The summed E-state index contributed by atoms with van der Waals surface area (Å²) in [5, 5.41) is 3.45. The highest BCUT2D eigenvalue weighted by Crippen LogP contribution is 2.63. The van der Waals surface area contributed by atoms with E-state index < -0.39 is 5.41 Å². The van der Waals surface area contributed by atoms with Crippen molar-refractivity contribution in [3.63, 3.8) is 0 Å². The van der Waals surface area contributed by atoms with Crippen LogP contribution in [-0.2, 0) is 5.41 Å². The molecule has 0 saturated carbocycles. The van der Waals surface area contributed by atoms with Crippen LogP contribution >= 0.6 is 11.8 Å². The number of hydrogen-bond acceptors (Lipinski definition) is 4. The molecule has 13 rings (SSSR count). The van der Waals surface area contributed by atoms with Crippen molar-refractivity contribution in [2.24, 2.45) is 0 Å². The zero-order chi connectivity index (χ0) is 40.8. The average Bonchev–Trinajstić information content (AvgIpc) is 3.62. The predicted molar refractivity (Wildman–Crippen MR) is 256 cm³/mol. The standard InChI is InChI=1S/C58H35N3S/c1-4-16-36(17-5-1)55-45-34-43-41-22-10-11-23-46(41)58(47-24-12-14-26-53(47)62-54-27-15-13-25-48(54)58)49(43)35-42(45)44-32-39(28-30-50(44)59-55)40-29-31-51-52(33-40)61-57(38-20-8-3-9-21-38)56(60-51)37-18-6-2-7-19-37/h1-35H. The van der Waals surface area contributed by atoms with E-state index in [0.717, 1.165) is 72.2 Å². The molecular weight excluding hydrogens is 771 g/mol. The molecule has 3 nitrogen and oxygen atoms in total. The number of rotatable bonds is 4. The van der Waals surface area contributed by atoms with E-state index in [0.29, 0.717) is 0 Å². The fraction of sp³-hybridized carbons (Fsp3) is 0.0172. The van der Waals surface area contributed by atoms with Crippen LogP contribution in [-0.4, -0.2) is 15.0 Å². The Hall–Kier alpha value is -7.66. The van der Waals surface area contributed by atoms with E-state index in [4.69, 9.17) is 15.0 Å². The molecule has 1 aliphatic heterocycles. The van der Waals surface area contributed by atoms with Crippen LogP contribution in [0.2, 0.25) is 0 Å². The minimum atomic E-state index is -0.481. The monoisotopic (exact) mass is 805 g/mol. The molecule has 0 fully saturated rings. The van der Waals surface area contributed by atoms with Crippen LogP contribution < -0.4 is 0 Å². The van der Waals surface area contributed by atoms with Crippen molar-refractivity contribution in [3.05, 3.63) is 235 Å². The van der Waals surface area contributed by atoms with Gasteiger partial charge in [0.15, 0.2) is 0 Å². The van der Waals surface area contributed by atoms with Gasteiger partial charge in [0.2, 0.25) is 0 Å². The maximum Gasteiger partial charge on any atom is 0.0973 e. The van der Waals surface area contributed by atoms with Crippen molar-refractivity contribution >= 4 is 44.5 Å². The van der Waals surface area contributed by atoms with Crippen molar-refractivity contribution in [2.75, 3.05) is 0 Å². The zero-order valence-corrected chi connectivity index (χ0v) is 34.3. The van der Waals surface area contributed by atoms with Gasteiger partial charge in [0, 0.05) is 37.3 Å². The Morgan fingerprint density at radius 2 is 0.790 bits per heavy atom. The molecule has 288 valence electrons. The van der Waals surface area contributed by atoms with Crippen LogP contribution in [0.3, 0.4) is 0 Å². The second kappa shape index (κ2) is 13.7. The van der Waals surface area contributed by atoms with Crippen LogP contribution in [0.25, 0.3) is 88.7 Å². The SMILES string of the molecule is c1ccc(-c2nc3ccc(-c4ccc5nc(-c6ccccc6)c6cc7c(cc6c5c4)C4(c5ccccc5Sc5ccccc54)c4ccccc4-7)cc3nc2-c2ccccc2)cc1. The molecule has 0 radical (unpaired) electrons. The van der Waals surface area contributed by atoms with Crippen LogP contribution in [0.4, 0.5) is 0 Å². The number of hydrogen-bond donors (Lipinski definition) is 0. The first-order chi connectivity index (χ1) is 30.7. The fourth-order valence-corrected chi connectivity index (χ4v) is 11.4. The molecule has 9 aromatic carbocycles. The molecule has 2 aliphatic rings. The Morgan fingerprint density at radius 1 is 0.290 bits per heavy atom. The molecule has 0 bridgehead atoms. The highest BCUT2D eigenvalue weighted by molar-refractivity contribution is 7.99. The third kappa shape index (κ3) is 5.17. The summed E-state index contributed by atoms with van der Waals surface area (Å²) in [5.41, 5.74) is 18.2. The lowest BCUT2D eigenvalue weighted by molar-refractivity contribution is 0.723. The minimum absolute atomic E-state index is 0.481. The van der Waals surface area contributed by atoms with Crippen LogP contribution in [0.5, 0.6) is 0 Å². The van der Waals surface area contributed by atoms with Crippen molar-refractivity contribution in [2.45, 2.75) is 15.2 Å². The lowest BCUT2D eigenvalue weighted by atomic mass is 9.67. The lowest BCUT2D eigenvalue weighted by Crippen LogP contribution is -2.31. The Balaban J connectivity index is 1.07. The molecule has 1 spiro atoms. The van der Waals surface area contributed by atoms with E-state index in [2.05, 4.69) is 200 Å². The Morgan fingerprint density at radius 3 is 1.44 bits per heavy atom. The highest BCUT2D eigenvalue weighted by atomic mass is 32.2. The largest absolute Gasteiger partial charge is 0.247 e. The van der Waals surface area contributed by atoms with Gasteiger partial charge in [-0.15, -0.1) is 0 Å². The van der Waals surface area contributed by atoms with E-state index in [-0.39, 0.29) is 0 Å². The summed E-state index contributed by atoms with van der Waals surface area (Å²) in [5.74, 6) is 0. The normalized spacial score (nSPS) is 13.2. The van der Waals surface area contributed by atoms with Gasteiger partial charge >= 0.3 is 0 Å². The average molecular weight is 806 g/mol. The van der Waals surface area contributed by atoms with Gasteiger partial charge in [0.05, 0.1) is 39.0 Å². The molecule has 3 heterocycles. The molecule has 4 heteroatoms. The van der Waals surface area contributed by atoms with E-state index in [1.54, 1.807) is 0 Å². The van der Waals surface area contributed by atoms with Crippen molar-refractivity contribution < 1.29 is 0 Å². The predicted octanol–water partition coefficient (Wildman–Crippen LogP) is 14.8. The molecule has 0 unspecified atom stereocenters. The third-order valence-corrected chi connectivity index (χ3v) is 14.1. The smallest absolute Gasteiger partial charge is 0.0973 e. The number of benzene rings is 9. The van der Waals surface area contributed by atoms with Gasteiger partial charge in [-0.25, -0.2) is 15.0 Å². The van der Waals surface area contributed by atoms with E-state index in [1.807, 2.05) is 23.9 Å². The molecule has 62 heavy (non-hydrogen) atoms. The van der Waals surface area contributed by atoms with Crippen molar-refractivity contribution in [3.8, 4) is 56.0 Å². The van der Waals surface area contributed by atoms with E-state index in [9.17, 15) is 0 Å². The van der Waals surface area contributed by atoms with Gasteiger partial charge in [-0.3, -0.25) is 0 Å². The Labute approximate surface area is 363 Å². The maximum absolute atomic E-state index is 5.47. The topological polar surface area (TPSA) is 38.7 Å². The van der Waals surface area contributed by atoms with E-state index >= 15 is 0 Å². The molecule has 2 aromatic heterocycles. The quantitative estimate of drug-likeness (QED) is 0.166. The number of pyridine rings is 1. The van der Waals surface area contributed by atoms with Crippen LogP contribution in [0.15, 0.2) is 222 Å². The first-order valence-electron chi connectivity index (χ1n) is 21.1. The van der Waals surface area contributed by atoms with Gasteiger partial charge in [-0.05, 0) is 98.4 Å². The number of fused-ring (bicyclic) bond motifs is 13. The second-order valence-corrected chi connectivity index (χ2v) is 17.3. The van der Waals surface area contributed by atoms with Gasteiger partial charge in [-0.1, -0.05) is 176 Å². The summed E-state index contributed by atoms with van der Waals surface area (Å²) < 4.78 is 0. The zero-order valence-electron chi connectivity index (χ0n) is 33.5. The summed E-state index contributed by atoms with van der Waals surface area (Å²) in [4.78, 5) is 18.6. The number of aromatic nitrogens is 3. The van der Waals surface area contributed by atoms with Gasteiger partial charge < -0.3 is 0 Å².